The Kier molecular flexibility index (Phi) is 6.22. The van der Waals surface area contributed by atoms with E-state index in [9.17, 15) is 9.59 Å². The van der Waals surface area contributed by atoms with E-state index in [-0.39, 0.29) is 11.8 Å². The third-order valence-corrected chi connectivity index (χ3v) is 4.57. The van der Waals surface area contributed by atoms with E-state index in [1.54, 1.807) is 48.7 Å². The Morgan fingerprint density at radius 2 is 1.96 bits per heavy atom. The third-order valence-electron chi connectivity index (χ3n) is 4.57. The zero-order valence-corrected chi connectivity index (χ0v) is 16.1. The van der Waals surface area contributed by atoms with Crippen molar-refractivity contribution in [1.29, 1.82) is 0 Å². The molecule has 0 atom stereocenters. The molecule has 144 valence electrons. The molecule has 0 saturated carbocycles. The summed E-state index contributed by atoms with van der Waals surface area (Å²) in [6, 6.07) is 15.1. The molecular formula is C22H24N4O2. The molecule has 0 radical (unpaired) electrons. The summed E-state index contributed by atoms with van der Waals surface area (Å²) in [6.07, 6.45) is 5.51. The minimum absolute atomic E-state index is 0.0854. The summed E-state index contributed by atoms with van der Waals surface area (Å²) in [5.74, 6) is -0.190. The molecule has 6 heteroatoms. The van der Waals surface area contributed by atoms with Crippen molar-refractivity contribution in [1.82, 2.24) is 14.5 Å². The minimum Gasteiger partial charge on any atom is -0.337 e. The lowest BCUT2D eigenvalue weighted by atomic mass is 10.1. The molecule has 0 bridgehead atoms. The van der Waals surface area contributed by atoms with Gasteiger partial charge in [0.15, 0.2) is 0 Å². The number of nitrogens with zero attached hydrogens (tertiary/aromatic N) is 3. The van der Waals surface area contributed by atoms with Gasteiger partial charge in [0.05, 0.1) is 6.33 Å². The lowest BCUT2D eigenvalue weighted by Crippen LogP contribution is -2.26. The quantitative estimate of drug-likeness (QED) is 0.686. The number of carbonyl (C=O) groups is 2. The van der Waals surface area contributed by atoms with Gasteiger partial charge in [0.2, 0.25) is 5.91 Å². The number of benzene rings is 2. The standard InChI is InChI=1S/C22H24N4O2/c1-17-6-3-4-7-19(17)15-25(2)22(28)18-8-5-9-20(14-18)24-21(27)10-12-26-13-11-23-16-26/h3-9,11,13-14,16H,10,12,15H2,1-2H3,(H,24,27). The highest BCUT2D eigenvalue weighted by atomic mass is 16.2. The number of anilines is 1. The zero-order chi connectivity index (χ0) is 19.9. The molecule has 6 nitrogen and oxygen atoms in total. The Bertz CT molecular complexity index is 951. The molecule has 0 aliphatic heterocycles. The molecule has 0 aliphatic rings. The molecule has 28 heavy (non-hydrogen) atoms. The van der Waals surface area contributed by atoms with Crippen LogP contribution in [0.25, 0.3) is 0 Å². The number of hydrogen-bond acceptors (Lipinski definition) is 3. The van der Waals surface area contributed by atoms with Crippen LogP contribution in [0.15, 0.2) is 67.3 Å². The van der Waals surface area contributed by atoms with E-state index < -0.39 is 0 Å². The van der Waals surface area contributed by atoms with Crippen molar-refractivity contribution in [3.05, 3.63) is 83.9 Å². The van der Waals surface area contributed by atoms with Crippen molar-refractivity contribution in [3.8, 4) is 0 Å². The van der Waals surface area contributed by atoms with Crippen molar-refractivity contribution in [2.24, 2.45) is 0 Å². The minimum atomic E-state index is -0.105. The zero-order valence-electron chi connectivity index (χ0n) is 16.1. The van der Waals surface area contributed by atoms with Gasteiger partial charge in [-0.05, 0) is 36.2 Å². The summed E-state index contributed by atoms with van der Waals surface area (Å²) in [6.45, 7) is 3.13. The third kappa shape index (κ3) is 5.07. The fourth-order valence-electron chi connectivity index (χ4n) is 2.94. The van der Waals surface area contributed by atoms with Crippen LogP contribution in [0.4, 0.5) is 5.69 Å². The highest BCUT2D eigenvalue weighted by Gasteiger charge is 2.14. The molecule has 3 aromatic rings. The molecule has 1 aromatic heterocycles. The number of amides is 2. The number of hydrogen-bond donors (Lipinski definition) is 1. The Morgan fingerprint density at radius 1 is 1.14 bits per heavy atom. The highest BCUT2D eigenvalue weighted by molar-refractivity contribution is 5.97. The van der Waals surface area contributed by atoms with Gasteiger partial charge >= 0.3 is 0 Å². The Balaban J connectivity index is 1.60. The molecule has 0 spiro atoms. The predicted octanol–water partition coefficient (Wildman–Crippen LogP) is 3.49. The number of aromatic nitrogens is 2. The first-order chi connectivity index (χ1) is 13.5. The number of aryl methyl sites for hydroxylation is 2. The van der Waals surface area contributed by atoms with Gasteiger partial charge in [-0.15, -0.1) is 0 Å². The van der Waals surface area contributed by atoms with E-state index >= 15 is 0 Å². The molecule has 0 aliphatic carbocycles. The number of imidazole rings is 1. The van der Waals surface area contributed by atoms with Crippen molar-refractivity contribution in [3.63, 3.8) is 0 Å². The fourth-order valence-corrected chi connectivity index (χ4v) is 2.94. The van der Waals surface area contributed by atoms with Crippen molar-refractivity contribution in [2.75, 3.05) is 12.4 Å². The molecule has 2 amide bonds. The smallest absolute Gasteiger partial charge is 0.253 e. The summed E-state index contributed by atoms with van der Waals surface area (Å²) in [4.78, 5) is 30.6. The first kappa shape index (κ1) is 19.4. The largest absolute Gasteiger partial charge is 0.337 e. The van der Waals surface area contributed by atoms with E-state index in [4.69, 9.17) is 0 Å². The lowest BCUT2D eigenvalue weighted by molar-refractivity contribution is -0.116. The molecule has 1 N–H and O–H groups in total. The second kappa shape index (κ2) is 8.99. The average molecular weight is 376 g/mol. The maximum Gasteiger partial charge on any atom is 0.253 e. The van der Waals surface area contributed by atoms with Gasteiger partial charge in [-0.2, -0.15) is 0 Å². The first-order valence-corrected chi connectivity index (χ1v) is 9.18. The van der Waals surface area contributed by atoms with Gasteiger partial charge in [0, 0.05) is 50.2 Å². The van der Waals surface area contributed by atoms with Gasteiger partial charge in [-0.3, -0.25) is 9.59 Å². The van der Waals surface area contributed by atoms with Crippen molar-refractivity contribution >= 4 is 17.5 Å². The van der Waals surface area contributed by atoms with E-state index in [0.29, 0.717) is 30.8 Å². The molecule has 0 fully saturated rings. The second-order valence-corrected chi connectivity index (χ2v) is 6.77. The summed E-state index contributed by atoms with van der Waals surface area (Å²) < 4.78 is 1.85. The summed E-state index contributed by atoms with van der Waals surface area (Å²) in [5.41, 5.74) is 3.43. The number of nitrogens with one attached hydrogen (secondary N) is 1. The molecule has 1 heterocycles. The summed E-state index contributed by atoms with van der Waals surface area (Å²) in [7, 11) is 1.78. The fraction of sp³-hybridized carbons (Fsp3) is 0.227. The van der Waals surface area contributed by atoms with Crippen LogP contribution in [0.5, 0.6) is 0 Å². The van der Waals surface area contributed by atoms with Crippen LogP contribution in [0.1, 0.15) is 27.9 Å². The number of rotatable bonds is 7. The van der Waals surface area contributed by atoms with Crippen LogP contribution in [0, 0.1) is 6.92 Å². The van der Waals surface area contributed by atoms with Gasteiger partial charge in [0.25, 0.3) is 5.91 Å². The van der Waals surface area contributed by atoms with E-state index in [2.05, 4.69) is 10.3 Å². The van der Waals surface area contributed by atoms with Crippen molar-refractivity contribution in [2.45, 2.75) is 26.4 Å². The van der Waals surface area contributed by atoms with Crippen LogP contribution in [-0.2, 0) is 17.9 Å². The SMILES string of the molecule is Cc1ccccc1CN(C)C(=O)c1cccc(NC(=O)CCn2ccnc2)c1. The van der Waals surface area contributed by atoms with E-state index in [0.717, 1.165) is 11.1 Å². The molecule has 3 rings (SSSR count). The van der Waals surface area contributed by atoms with Crippen LogP contribution in [0.2, 0.25) is 0 Å². The maximum atomic E-state index is 12.8. The average Bonchev–Trinajstić information content (AvgIpc) is 3.21. The normalized spacial score (nSPS) is 10.5. The predicted molar refractivity (Wildman–Crippen MR) is 109 cm³/mol. The first-order valence-electron chi connectivity index (χ1n) is 9.18. The second-order valence-electron chi connectivity index (χ2n) is 6.77. The molecular weight excluding hydrogens is 352 g/mol. The Labute approximate surface area is 164 Å². The van der Waals surface area contributed by atoms with Crippen molar-refractivity contribution < 1.29 is 9.59 Å². The lowest BCUT2D eigenvalue weighted by Gasteiger charge is -2.19. The van der Waals surface area contributed by atoms with Gasteiger partial charge in [-0.1, -0.05) is 30.3 Å². The number of carbonyl (C=O) groups excluding carboxylic acids is 2. The van der Waals surface area contributed by atoms with Crippen LogP contribution < -0.4 is 5.32 Å². The van der Waals surface area contributed by atoms with Crippen LogP contribution in [0.3, 0.4) is 0 Å². The van der Waals surface area contributed by atoms with E-state index in [1.165, 1.54) is 0 Å². The van der Waals surface area contributed by atoms with Gasteiger partial charge in [-0.25, -0.2) is 4.98 Å². The van der Waals surface area contributed by atoms with Crippen LogP contribution in [-0.4, -0.2) is 33.3 Å². The Morgan fingerprint density at radius 3 is 2.71 bits per heavy atom. The molecule has 0 saturated heterocycles. The molecule has 2 aromatic carbocycles. The Hall–Kier alpha value is -3.41. The van der Waals surface area contributed by atoms with Gasteiger partial charge in [0.1, 0.15) is 0 Å². The highest BCUT2D eigenvalue weighted by Crippen LogP contribution is 2.15. The monoisotopic (exact) mass is 376 g/mol. The molecule has 0 unspecified atom stereocenters. The van der Waals surface area contributed by atoms with E-state index in [1.807, 2.05) is 42.0 Å². The van der Waals surface area contributed by atoms with Crippen LogP contribution >= 0.6 is 0 Å². The maximum absolute atomic E-state index is 12.8. The summed E-state index contributed by atoms with van der Waals surface area (Å²) >= 11 is 0. The summed E-state index contributed by atoms with van der Waals surface area (Å²) in [5, 5.41) is 2.85. The topological polar surface area (TPSA) is 67.2 Å². The van der Waals surface area contributed by atoms with Gasteiger partial charge < -0.3 is 14.8 Å².